The monoisotopic (exact) mass is 348 g/mol. The molecule has 136 valence electrons. The van der Waals surface area contributed by atoms with Crippen molar-refractivity contribution >= 4 is 22.9 Å². The van der Waals surface area contributed by atoms with Gasteiger partial charge in [-0.2, -0.15) is 0 Å². The van der Waals surface area contributed by atoms with Gasteiger partial charge in [0.05, 0.1) is 25.9 Å². The van der Waals surface area contributed by atoms with Gasteiger partial charge in [0.25, 0.3) is 0 Å². The van der Waals surface area contributed by atoms with E-state index in [1.807, 2.05) is 7.05 Å². The van der Waals surface area contributed by atoms with Crippen LogP contribution in [0.2, 0.25) is 0 Å². The highest BCUT2D eigenvalue weighted by molar-refractivity contribution is 5.74. The van der Waals surface area contributed by atoms with E-state index in [4.69, 9.17) is 19.1 Å². The molecule has 2 aromatic heterocycles. The lowest BCUT2D eigenvalue weighted by molar-refractivity contribution is -0.0837. The van der Waals surface area contributed by atoms with E-state index >= 15 is 0 Å². The highest BCUT2D eigenvalue weighted by Crippen LogP contribution is 2.28. The molecule has 1 atom stereocenters. The first-order chi connectivity index (χ1) is 12.3. The summed E-state index contributed by atoms with van der Waals surface area (Å²) >= 11 is 0. The molecule has 2 aliphatic rings. The van der Waals surface area contributed by atoms with E-state index in [2.05, 4.69) is 25.1 Å². The zero-order valence-electron chi connectivity index (χ0n) is 14.6. The normalized spacial score (nSPS) is 22.1. The SMILES string of the molecule is CN(CC1COCCO1)c1nc2nonc2nc1N1CCCCCC1. The van der Waals surface area contributed by atoms with E-state index < -0.39 is 0 Å². The number of hydrogen-bond donors (Lipinski definition) is 0. The van der Waals surface area contributed by atoms with Crippen LogP contribution in [0.15, 0.2) is 4.63 Å². The average molecular weight is 348 g/mol. The summed E-state index contributed by atoms with van der Waals surface area (Å²) in [7, 11) is 2.00. The fourth-order valence-corrected chi connectivity index (χ4v) is 3.41. The molecule has 2 fully saturated rings. The smallest absolute Gasteiger partial charge is 0.245 e. The van der Waals surface area contributed by atoms with E-state index in [1.165, 1.54) is 25.7 Å². The third-order valence-corrected chi connectivity index (χ3v) is 4.71. The second kappa shape index (κ2) is 7.49. The lowest BCUT2D eigenvalue weighted by atomic mass is 10.2. The average Bonchev–Trinajstić information content (AvgIpc) is 2.93. The summed E-state index contributed by atoms with van der Waals surface area (Å²) in [5.41, 5.74) is 0.884. The van der Waals surface area contributed by atoms with Gasteiger partial charge in [0.15, 0.2) is 11.6 Å². The number of fused-ring (bicyclic) bond motifs is 1. The first-order valence-electron chi connectivity index (χ1n) is 8.97. The topological polar surface area (TPSA) is 89.6 Å². The Labute approximate surface area is 146 Å². The summed E-state index contributed by atoms with van der Waals surface area (Å²) in [4.78, 5) is 13.7. The third-order valence-electron chi connectivity index (χ3n) is 4.71. The Morgan fingerprint density at radius 3 is 2.52 bits per heavy atom. The van der Waals surface area contributed by atoms with E-state index in [9.17, 15) is 0 Å². The van der Waals surface area contributed by atoms with Crippen molar-refractivity contribution in [2.24, 2.45) is 0 Å². The predicted octanol–water partition coefficient (Wildman–Crippen LogP) is 1.24. The Kier molecular flexibility index (Phi) is 4.93. The first kappa shape index (κ1) is 16.5. The summed E-state index contributed by atoms with van der Waals surface area (Å²) in [6.07, 6.45) is 4.88. The number of hydrogen-bond acceptors (Lipinski definition) is 9. The maximum absolute atomic E-state index is 5.77. The second-order valence-electron chi connectivity index (χ2n) is 6.63. The maximum Gasteiger partial charge on any atom is 0.245 e. The van der Waals surface area contributed by atoms with Crippen LogP contribution in [0, 0.1) is 0 Å². The minimum atomic E-state index is 0.0312. The van der Waals surface area contributed by atoms with Gasteiger partial charge in [-0.15, -0.1) is 0 Å². The minimum Gasteiger partial charge on any atom is -0.376 e. The van der Waals surface area contributed by atoms with Crippen LogP contribution in [-0.2, 0) is 9.47 Å². The Morgan fingerprint density at radius 2 is 1.80 bits per heavy atom. The van der Waals surface area contributed by atoms with Gasteiger partial charge >= 0.3 is 0 Å². The standard InChI is InChI=1S/C16H24N6O3/c1-21(10-12-11-23-8-9-24-12)15-16(22-6-4-2-3-5-7-22)18-14-13(17-15)19-25-20-14/h12H,2-11H2,1H3. The molecule has 2 aromatic rings. The van der Waals surface area contributed by atoms with Gasteiger partial charge in [-0.1, -0.05) is 12.8 Å². The summed E-state index contributed by atoms with van der Waals surface area (Å²) < 4.78 is 16.1. The predicted molar refractivity (Wildman–Crippen MR) is 91.9 cm³/mol. The Balaban J connectivity index is 1.63. The molecule has 0 aliphatic carbocycles. The van der Waals surface area contributed by atoms with Gasteiger partial charge in [-0.05, 0) is 23.2 Å². The van der Waals surface area contributed by atoms with Crippen LogP contribution >= 0.6 is 0 Å². The third kappa shape index (κ3) is 3.67. The molecule has 2 aliphatic heterocycles. The van der Waals surface area contributed by atoms with Gasteiger partial charge < -0.3 is 19.3 Å². The van der Waals surface area contributed by atoms with Crippen LogP contribution in [0.25, 0.3) is 11.3 Å². The maximum atomic E-state index is 5.77. The number of ether oxygens (including phenoxy) is 2. The summed E-state index contributed by atoms with van der Waals surface area (Å²) in [5.74, 6) is 1.64. The quantitative estimate of drug-likeness (QED) is 0.809. The Hall–Kier alpha value is -2.00. The van der Waals surface area contributed by atoms with Crippen LogP contribution < -0.4 is 9.80 Å². The summed E-state index contributed by atoms with van der Waals surface area (Å²) in [6.45, 7) is 4.55. The Bertz CT molecular complexity index is 694. The van der Waals surface area contributed by atoms with E-state index in [-0.39, 0.29) is 6.10 Å². The van der Waals surface area contributed by atoms with Crippen molar-refractivity contribution < 1.29 is 14.1 Å². The van der Waals surface area contributed by atoms with Gasteiger partial charge in [-0.25, -0.2) is 14.6 Å². The van der Waals surface area contributed by atoms with Gasteiger partial charge in [-0.3, -0.25) is 0 Å². The van der Waals surface area contributed by atoms with Crippen molar-refractivity contribution in [2.75, 3.05) is 56.3 Å². The lowest BCUT2D eigenvalue weighted by Crippen LogP contribution is -2.39. The van der Waals surface area contributed by atoms with Crippen LogP contribution in [0.3, 0.4) is 0 Å². The first-order valence-corrected chi connectivity index (χ1v) is 8.97. The van der Waals surface area contributed by atoms with Crippen LogP contribution in [0.1, 0.15) is 25.7 Å². The molecule has 0 aromatic carbocycles. The van der Waals surface area contributed by atoms with Crippen molar-refractivity contribution in [3.05, 3.63) is 0 Å². The highest BCUT2D eigenvalue weighted by Gasteiger charge is 2.24. The van der Waals surface area contributed by atoms with E-state index in [1.54, 1.807) is 0 Å². The molecule has 2 saturated heterocycles. The molecule has 0 saturated carbocycles. The molecule has 9 heteroatoms. The Morgan fingerprint density at radius 1 is 1.04 bits per heavy atom. The fourth-order valence-electron chi connectivity index (χ4n) is 3.41. The van der Waals surface area contributed by atoms with Crippen molar-refractivity contribution in [2.45, 2.75) is 31.8 Å². The molecule has 4 rings (SSSR count). The molecule has 25 heavy (non-hydrogen) atoms. The minimum absolute atomic E-state index is 0.0312. The summed E-state index contributed by atoms with van der Waals surface area (Å²) in [6, 6.07) is 0. The molecule has 1 unspecified atom stereocenters. The molecular formula is C16H24N6O3. The molecule has 0 amide bonds. The summed E-state index contributed by atoms with van der Waals surface area (Å²) in [5, 5.41) is 7.72. The lowest BCUT2D eigenvalue weighted by Gasteiger charge is -2.31. The molecule has 0 radical (unpaired) electrons. The zero-order chi connectivity index (χ0) is 17.1. The van der Waals surface area contributed by atoms with Crippen molar-refractivity contribution in [3.63, 3.8) is 0 Å². The second-order valence-corrected chi connectivity index (χ2v) is 6.63. The number of likely N-dealkylation sites (N-methyl/N-ethyl adjacent to an activating group) is 1. The molecule has 4 heterocycles. The molecular weight excluding hydrogens is 324 g/mol. The number of nitrogens with zero attached hydrogens (tertiary/aromatic N) is 6. The number of aromatic nitrogens is 4. The highest BCUT2D eigenvalue weighted by atomic mass is 16.6. The van der Waals surface area contributed by atoms with Crippen LogP contribution in [0.5, 0.6) is 0 Å². The van der Waals surface area contributed by atoms with Gasteiger partial charge in [0.1, 0.15) is 0 Å². The molecule has 9 nitrogen and oxygen atoms in total. The molecule has 0 bridgehead atoms. The fraction of sp³-hybridized carbons (Fsp3) is 0.750. The van der Waals surface area contributed by atoms with E-state index in [0.29, 0.717) is 37.7 Å². The largest absolute Gasteiger partial charge is 0.376 e. The number of rotatable bonds is 4. The van der Waals surface area contributed by atoms with Crippen molar-refractivity contribution in [1.82, 2.24) is 20.3 Å². The van der Waals surface area contributed by atoms with Crippen LogP contribution in [-0.4, -0.2) is 72.9 Å². The van der Waals surface area contributed by atoms with Gasteiger partial charge in [0, 0.05) is 26.7 Å². The number of anilines is 2. The van der Waals surface area contributed by atoms with Gasteiger partial charge in [0.2, 0.25) is 11.3 Å². The molecule has 0 N–H and O–H groups in total. The molecule has 0 spiro atoms. The van der Waals surface area contributed by atoms with E-state index in [0.717, 1.165) is 24.7 Å². The zero-order valence-corrected chi connectivity index (χ0v) is 14.6. The van der Waals surface area contributed by atoms with Crippen molar-refractivity contribution in [3.8, 4) is 0 Å². The van der Waals surface area contributed by atoms with Crippen molar-refractivity contribution in [1.29, 1.82) is 0 Å². The van der Waals surface area contributed by atoms with Crippen LogP contribution in [0.4, 0.5) is 11.6 Å².